The van der Waals surface area contributed by atoms with Crippen LogP contribution in [0.25, 0.3) is 0 Å². The Morgan fingerprint density at radius 3 is 2.22 bits per heavy atom. The highest BCUT2D eigenvalue weighted by Crippen LogP contribution is 2.34. The highest BCUT2D eigenvalue weighted by Gasteiger charge is 2.41. The van der Waals surface area contributed by atoms with Gasteiger partial charge in [0.2, 0.25) is 5.91 Å². The molecule has 1 aromatic rings. The minimum absolute atomic E-state index is 0.00439. The number of nitrogens with zero attached hydrogens (tertiary/aromatic N) is 1. The topological polar surface area (TPSA) is 63.4 Å². The molecule has 1 saturated carbocycles. The van der Waals surface area contributed by atoms with E-state index in [1.54, 1.807) is 4.90 Å². The number of likely N-dealkylation sites (tertiary alicyclic amines) is 1. The summed E-state index contributed by atoms with van der Waals surface area (Å²) in [5, 5.41) is 0. The first-order valence-corrected chi connectivity index (χ1v) is 9.47. The van der Waals surface area contributed by atoms with Crippen molar-refractivity contribution >= 4 is 11.7 Å². The second-order valence-corrected chi connectivity index (χ2v) is 8.01. The van der Waals surface area contributed by atoms with E-state index in [1.807, 2.05) is 6.92 Å². The molecule has 0 bridgehead atoms. The van der Waals surface area contributed by atoms with Gasteiger partial charge >= 0.3 is 0 Å². The maximum Gasteiger partial charge on any atom is 0.227 e. The highest BCUT2D eigenvalue weighted by molar-refractivity contribution is 5.98. The van der Waals surface area contributed by atoms with Crippen LogP contribution in [0.1, 0.15) is 55.8 Å². The number of benzene rings is 1. The average Bonchev–Trinajstić information content (AvgIpc) is 2.60. The summed E-state index contributed by atoms with van der Waals surface area (Å²) in [5.41, 5.74) is 5.09. The fraction of sp³-hybridized carbons (Fsp3) is 0.600. The molecule has 0 spiro atoms. The van der Waals surface area contributed by atoms with Crippen molar-refractivity contribution in [2.75, 3.05) is 13.1 Å². The van der Waals surface area contributed by atoms with Crippen molar-refractivity contribution in [2.45, 2.75) is 51.0 Å². The molecule has 2 N–H and O–H groups in total. The maximum absolute atomic E-state index is 13.9. The zero-order chi connectivity index (χ0) is 19.8. The predicted molar refractivity (Wildman–Crippen MR) is 94.5 cm³/mol. The number of carbonyl (C=O) groups is 2. The molecular formula is C20H25F3N2O2. The monoisotopic (exact) mass is 382 g/mol. The highest BCUT2D eigenvalue weighted by atomic mass is 19.1. The molecule has 1 aromatic carbocycles. The molecule has 2 aliphatic rings. The van der Waals surface area contributed by atoms with Crippen LogP contribution in [0, 0.1) is 29.3 Å². The summed E-state index contributed by atoms with van der Waals surface area (Å²) in [6.45, 7) is 2.61. The number of carbonyl (C=O) groups excluding carboxylic acids is 2. The van der Waals surface area contributed by atoms with Crippen molar-refractivity contribution in [1.29, 1.82) is 0 Å². The van der Waals surface area contributed by atoms with E-state index >= 15 is 0 Å². The standard InChI is InChI=1S/C20H25F3N2O2/c1-20(24)7-3-2-4-14(20)19(27)25-8-5-12(6-9-25)18(26)17-15(22)10-13(21)11-16(17)23/h10-12,14H,2-9,24H2,1H3. The molecule has 1 aliphatic heterocycles. The van der Waals surface area contributed by atoms with Crippen LogP contribution in [0.4, 0.5) is 13.2 Å². The molecular weight excluding hydrogens is 357 g/mol. The van der Waals surface area contributed by atoms with Gasteiger partial charge in [0.15, 0.2) is 5.78 Å². The van der Waals surface area contributed by atoms with Gasteiger partial charge in [-0.2, -0.15) is 0 Å². The Morgan fingerprint density at radius 2 is 1.67 bits per heavy atom. The molecule has 148 valence electrons. The molecule has 1 saturated heterocycles. The van der Waals surface area contributed by atoms with Crippen molar-refractivity contribution in [3.8, 4) is 0 Å². The Labute approximate surface area is 156 Å². The molecule has 27 heavy (non-hydrogen) atoms. The van der Waals surface area contributed by atoms with E-state index in [0.29, 0.717) is 38.1 Å². The van der Waals surface area contributed by atoms with Crippen molar-refractivity contribution in [2.24, 2.45) is 17.6 Å². The Balaban J connectivity index is 1.65. The zero-order valence-electron chi connectivity index (χ0n) is 15.4. The number of nitrogens with two attached hydrogens (primary N) is 1. The minimum Gasteiger partial charge on any atom is -0.342 e. The predicted octanol–water partition coefficient (Wildman–Crippen LogP) is 3.43. The lowest BCUT2D eigenvalue weighted by molar-refractivity contribution is -0.140. The van der Waals surface area contributed by atoms with Gasteiger partial charge in [-0.25, -0.2) is 13.2 Å². The maximum atomic E-state index is 13.9. The molecule has 1 heterocycles. The molecule has 2 unspecified atom stereocenters. The normalized spacial score (nSPS) is 26.9. The summed E-state index contributed by atoms with van der Waals surface area (Å²) in [5.74, 6) is -4.90. The number of halogens is 3. The average molecular weight is 382 g/mol. The van der Waals surface area contributed by atoms with Crippen LogP contribution in [0.15, 0.2) is 12.1 Å². The number of piperidine rings is 1. The first-order valence-electron chi connectivity index (χ1n) is 9.47. The molecule has 0 radical (unpaired) electrons. The Bertz CT molecular complexity index is 720. The zero-order valence-corrected chi connectivity index (χ0v) is 15.4. The molecule has 2 atom stereocenters. The van der Waals surface area contributed by atoms with Crippen molar-refractivity contribution in [1.82, 2.24) is 4.90 Å². The molecule has 3 rings (SSSR count). The van der Waals surface area contributed by atoms with Gasteiger partial charge in [-0.15, -0.1) is 0 Å². The van der Waals surface area contributed by atoms with Crippen molar-refractivity contribution < 1.29 is 22.8 Å². The van der Waals surface area contributed by atoms with Gasteiger partial charge in [0.1, 0.15) is 17.5 Å². The van der Waals surface area contributed by atoms with Crippen LogP contribution in [0.2, 0.25) is 0 Å². The lowest BCUT2D eigenvalue weighted by Crippen LogP contribution is -2.55. The summed E-state index contributed by atoms with van der Waals surface area (Å²) >= 11 is 0. The number of Topliss-reactive ketones (excluding diaryl/α,β-unsaturated/α-hetero) is 1. The van der Waals surface area contributed by atoms with E-state index in [-0.39, 0.29) is 11.8 Å². The van der Waals surface area contributed by atoms with Crippen LogP contribution in [0.3, 0.4) is 0 Å². The van der Waals surface area contributed by atoms with Crippen LogP contribution in [0.5, 0.6) is 0 Å². The smallest absolute Gasteiger partial charge is 0.227 e. The largest absolute Gasteiger partial charge is 0.342 e. The van der Waals surface area contributed by atoms with Crippen LogP contribution in [-0.4, -0.2) is 35.2 Å². The third-order valence-corrected chi connectivity index (χ3v) is 5.98. The molecule has 4 nitrogen and oxygen atoms in total. The molecule has 7 heteroatoms. The van der Waals surface area contributed by atoms with Gasteiger partial charge in [-0.05, 0) is 32.6 Å². The fourth-order valence-electron chi connectivity index (χ4n) is 4.33. The van der Waals surface area contributed by atoms with Gasteiger partial charge in [-0.1, -0.05) is 12.8 Å². The first-order chi connectivity index (χ1) is 12.7. The molecule has 2 fully saturated rings. The van der Waals surface area contributed by atoms with Crippen LogP contribution >= 0.6 is 0 Å². The van der Waals surface area contributed by atoms with Gasteiger partial charge in [-0.3, -0.25) is 9.59 Å². The number of amides is 1. The Kier molecular flexibility index (Phi) is 5.60. The number of ketones is 1. The summed E-state index contributed by atoms with van der Waals surface area (Å²) in [6, 6.07) is 1.03. The summed E-state index contributed by atoms with van der Waals surface area (Å²) in [6.07, 6.45) is 4.21. The SMILES string of the molecule is CC1(N)CCCCC1C(=O)N1CCC(C(=O)c2c(F)cc(F)cc2F)CC1. The molecule has 1 aliphatic carbocycles. The van der Waals surface area contributed by atoms with E-state index in [2.05, 4.69) is 0 Å². The molecule has 1 amide bonds. The number of hydrogen-bond acceptors (Lipinski definition) is 3. The quantitative estimate of drug-likeness (QED) is 0.815. The van der Waals surface area contributed by atoms with E-state index in [4.69, 9.17) is 5.73 Å². The van der Waals surface area contributed by atoms with Crippen molar-refractivity contribution in [3.63, 3.8) is 0 Å². The van der Waals surface area contributed by atoms with Gasteiger partial charge in [0.05, 0.1) is 11.5 Å². The van der Waals surface area contributed by atoms with Gasteiger partial charge < -0.3 is 10.6 Å². The number of hydrogen-bond donors (Lipinski definition) is 1. The third-order valence-electron chi connectivity index (χ3n) is 5.98. The van der Waals surface area contributed by atoms with Crippen molar-refractivity contribution in [3.05, 3.63) is 35.1 Å². The summed E-state index contributed by atoms with van der Waals surface area (Å²) in [7, 11) is 0. The number of rotatable bonds is 3. The van der Waals surface area contributed by atoms with E-state index in [9.17, 15) is 22.8 Å². The Hall–Kier alpha value is -1.89. The fourth-order valence-corrected chi connectivity index (χ4v) is 4.33. The van der Waals surface area contributed by atoms with Gasteiger partial charge in [0.25, 0.3) is 0 Å². The minimum atomic E-state index is -1.18. The molecule has 0 aromatic heterocycles. The second kappa shape index (κ2) is 7.62. The van der Waals surface area contributed by atoms with Crippen LogP contribution in [-0.2, 0) is 4.79 Å². The van der Waals surface area contributed by atoms with E-state index < -0.39 is 40.3 Å². The van der Waals surface area contributed by atoms with Crippen LogP contribution < -0.4 is 5.73 Å². The lowest BCUT2D eigenvalue weighted by Gasteiger charge is -2.41. The lowest BCUT2D eigenvalue weighted by atomic mass is 9.73. The second-order valence-electron chi connectivity index (χ2n) is 8.01. The van der Waals surface area contributed by atoms with E-state index in [0.717, 1.165) is 25.7 Å². The summed E-state index contributed by atoms with van der Waals surface area (Å²) in [4.78, 5) is 27.1. The Morgan fingerprint density at radius 1 is 1.07 bits per heavy atom. The third kappa shape index (κ3) is 4.03. The summed E-state index contributed by atoms with van der Waals surface area (Å²) < 4.78 is 40.8. The van der Waals surface area contributed by atoms with E-state index in [1.165, 1.54) is 0 Å². The first kappa shape index (κ1) is 19.9. The van der Waals surface area contributed by atoms with Gasteiger partial charge in [0, 0.05) is 36.7 Å².